The van der Waals surface area contributed by atoms with Gasteiger partial charge in [0.1, 0.15) is 11.2 Å². The Hall–Kier alpha value is -4.09. The molecule has 1 fully saturated rings. The van der Waals surface area contributed by atoms with Crippen molar-refractivity contribution in [2.24, 2.45) is 0 Å². The minimum atomic E-state index is -2.62. The third-order valence-corrected chi connectivity index (χ3v) is 7.30. The van der Waals surface area contributed by atoms with Crippen molar-refractivity contribution in [1.29, 1.82) is 0 Å². The van der Waals surface area contributed by atoms with Crippen molar-refractivity contribution >= 4 is 33.3 Å². The van der Waals surface area contributed by atoms with Crippen LogP contribution in [0.25, 0.3) is 56.0 Å². The number of alkyl halides is 2. The Kier molecular flexibility index (Phi) is 5.08. The van der Waals surface area contributed by atoms with Gasteiger partial charge >= 0.3 is 0 Å². The van der Waals surface area contributed by atoms with E-state index in [4.69, 9.17) is 4.98 Å². The highest BCUT2D eigenvalue weighted by molar-refractivity contribution is 7.08. The van der Waals surface area contributed by atoms with Gasteiger partial charge in [0.2, 0.25) is 0 Å². The smallest absolute Gasteiger partial charge is 0.261 e. The summed E-state index contributed by atoms with van der Waals surface area (Å²) in [4.78, 5) is 23.5. The minimum absolute atomic E-state index is 0.103. The summed E-state index contributed by atoms with van der Waals surface area (Å²) in [6, 6.07) is 7.83. The fraction of sp³-hybridized carbons (Fsp3) is 0.192. The number of nitrogens with one attached hydrogen (secondary N) is 2. The van der Waals surface area contributed by atoms with Crippen molar-refractivity contribution in [3.63, 3.8) is 0 Å². The van der Waals surface area contributed by atoms with Crippen LogP contribution in [0, 0.1) is 0 Å². The van der Waals surface area contributed by atoms with E-state index in [-0.39, 0.29) is 13.0 Å². The zero-order chi connectivity index (χ0) is 25.0. The second-order valence-corrected chi connectivity index (χ2v) is 10.0. The zero-order valence-electron chi connectivity index (χ0n) is 19.4. The molecule has 7 rings (SSSR count). The summed E-state index contributed by atoms with van der Waals surface area (Å²) in [6.07, 6.45) is 6.85. The molecule has 6 aromatic heterocycles. The highest BCUT2D eigenvalue weighted by atomic mass is 32.1. The minimum Gasteiger partial charge on any atom is -0.336 e. The van der Waals surface area contributed by atoms with Crippen LogP contribution in [-0.2, 0) is 6.54 Å². The standard InChI is InChI=1S/C26H20F2N8S/c27-26(28)3-5-36(14-26)12-15-7-17(10-29-9-15)20-8-18-21(11-31-20)34-35-23(18)25-32-19-1-4-30-22(24(19)33-25)16-2-6-37-13-16/h1-2,4,6-11,13H,3,5,12,14H2,(H,32,33)(H,34,35). The number of thiophene rings is 1. The number of hydrogen-bond acceptors (Lipinski definition) is 7. The lowest BCUT2D eigenvalue weighted by Crippen LogP contribution is -2.24. The van der Waals surface area contributed by atoms with Crippen LogP contribution in [0.3, 0.4) is 0 Å². The molecule has 0 bridgehead atoms. The first-order chi connectivity index (χ1) is 18.0. The molecule has 8 nitrogen and oxygen atoms in total. The Balaban J connectivity index is 1.24. The molecule has 6 aromatic rings. The van der Waals surface area contributed by atoms with Crippen LogP contribution in [0.4, 0.5) is 8.78 Å². The second kappa shape index (κ2) is 8.49. The van der Waals surface area contributed by atoms with Crippen LogP contribution in [0.15, 0.2) is 59.8 Å². The highest BCUT2D eigenvalue weighted by Crippen LogP contribution is 2.33. The molecule has 0 atom stereocenters. The molecular weight excluding hydrogens is 494 g/mol. The summed E-state index contributed by atoms with van der Waals surface area (Å²) in [6.45, 7) is 0.580. The maximum atomic E-state index is 13.6. The van der Waals surface area contributed by atoms with Crippen LogP contribution < -0.4 is 0 Å². The maximum absolute atomic E-state index is 13.6. The molecular formula is C26H20F2N8S. The van der Waals surface area contributed by atoms with Gasteiger partial charge in [0.15, 0.2) is 5.82 Å². The summed E-state index contributed by atoms with van der Waals surface area (Å²) < 4.78 is 27.2. The average Bonchev–Trinajstić information content (AvgIpc) is 3.69. The molecule has 2 N–H and O–H groups in total. The first kappa shape index (κ1) is 22.1. The first-order valence-electron chi connectivity index (χ1n) is 11.8. The van der Waals surface area contributed by atoms with Gasteiger partial charge < -0.3 is 4.98 Å². The number of nitrogens with zero attached hydrogens (tertiary/aromatic N) is 6. The molecule has 7 heterocycles. The largest absolute Gasteiger partial charge is 0.336 e. The number of imidazole rings is 1. The van der Waals surface area contributed by atoms with Crippen LogP contribution in [-0.4, -0.2) is 59.0 Å². The fourth-order valence-corrected chi connectivity index (χ4v) is 5.47. The number of pyridine rings is 3. The Morgan fingerprint density at radius 1 is 1.03 bits per heavy atom. The van der Waals surface area contributed by atoms with Gasteiger partial charge in [-0.3, -0.25) is 25.0 Å². The van der Waals surface area contributed by atoms with Crippen molar-refractivity contribution in [3.8, 4) is 34.0 Å². The number of likely N-dealkylation sites (tertiary alicyclic amines) is 1. The third kappa shape index (κ3) is 4.05. The van der Waals surface area contributed by atoms with Crippen LogP contribution in [0.2, 0.25) is 0 Å². The van der Waals surface area contributed by atoms with E-state index in [2.05, 4.69) is 35.5 Å². The van der Waals surface area contributed by atoms with E-state index < -0.39 is 5.92 Å². The lowest BCUT2D eigenvalue weighted by Gasteiger charge is -2.15. The van der Waals surface area contributed by atoms with Crippen molar-refractivity contribution in [2.45, 2.75) is 18.9 Å². The molecule has 37 heavy (non-hydrogen) atoms. The topological polar surface area (TPSA) is 99.3 Å². The molecule has 0 aliphatic carbocycles. The Labute approximate surface area is 213 Å². The Morgan fingerprint density at radius 2 is 1.97 bits per heavy atom. The van der Waals surface area contributed by atoms with Gasteiger partial charge in [-0.15, -0.1) is 0 Å². The number of aromatic nitrogens is 7. The molecule has 1 aliphatic heterocycles. The molecule has 0 saturated carbocycles. The SMILES string of the molecule is FC1(F)CCN(Cc2cncc(-c3cc4c(-c5nc6c(-c7ccsc7)nccc6[nH]5)n[nH]c4cn3)c2)C1. The molecule has 1 saturated heterocycles. The molecule has 11 heteroatoms. The molecule has 1 aliphatic rings. The van der Waals surface area contributed by atoms with Crippen molar-refractivity contribution in [2.75, 3.05) is 13.1 Å². The molecule has 0 unspecified atom stereocenters. The van der Waals surface area contributed by atoms with Gasteiger partial charge in [-0.05, 0) is 35.2 Å². The van der Waals surface area contributed by atoms with Gasteiger partial charge in [0.05, 0.1) is 35.2 Å². The summed E-state index contributed by atoms with van der Waals surface area (Å²) in [7, 11) is 0. The van der Waals surface area contributed by atoms with E-state index >= 15 is 0 Å². The molecule has 0 aromatic carbocycles. The van der Waals surface area contributed by atoms with Gasteiger partial charge in [0, 0.05) is 60.0 Å². The monoisotopic (exact) mass is 514 g/mol. The van der Waals surface area contributed by atoms with E-state index in [9.17, 15) is 8.78 Å². The maximum Gasteiger partial charge on any atom is 0.261 e. The Bertz CT molecular complexity index is 1740. The predicted molar refractivity (Wildman–Crippen MR) is 138 cm³/mol. The number of rotatable bonds is 5. The second-order valence-electron chi connectivity index (χ2n) is 9.24. The summed E-state index contributed by atoms with van der Waals surface area (Å²) in [5.74, 6) is -1.99. The summed E-state index contributed by atoms with van der Waals surface area (Å²) >= 11 is 1.62. The van der Waals surface area contributed by atoms with E-state index in [1.54, 1.807) is 41.0 Å². The summed E-state index contributed by atoms with van der Waals surface area (Å²) in [5, 5.41) is 12.5. The third-order valence-electron chi connectivity index (χ3n) is 6.61. The quantitative estimate of drug-likeness (QED) is 0.314. The number of halogens is 2. The molecule has 0 amide bonds. The van der Waals surface area contributed by atoms with Crippen molar-refractivity contribution < 1.29 is 8.78 Å². The van der Waals surface area contributed by atoms with Gasteiger partial charge in [-0.2, -0.15) is 16.4 Å². The number of hydrogen-bond donors (Lipinski definition) is 2. The molecule has 0 radical (unpaired) electrons. The number of fused-ring (bicyclic) bond motifs is 2. The Morgan fingerprint density at radius 3 is 2.81 bits per heavy atom. The van der Waals surface area contributed by atoms with E-state index in [0.717, 1.165) is 44.3 Å². The zero-order valence-corrected chi connectivity index (χ0v) is 20.3. The van der Waals surface area contributed by atoms with Crippen LogP contribution in [0.1, 0.15) is 12.0 Å². The van der Waals surface area contributed by atoms with E-state index in [1.807, 2.05) is 29.6 Å². The normalized spacial score (nSPS) is 15.7. The van der Waals surface area contributed by atoms with Gasteiger partial charge in [-0.1, -0.05) is 0 Å². The first-order valence-corrected chi connectivity index (χ1v) is 12.7. The van der Waals surface area contributed by atoms with Crippen LogP contribution >= 0.6 is 11.3 Å². The lowest BCUT2D eigenvalue weighted by molar-refractivity contribution is 0.0115. The number of H-pyrrole nitrogens is 2. The highest BCUT2D eigenvalue weighted by Gasteiger charge is 2.37. The van der Waals surface area contributed by atoms with Crippen LogP contribution in [0.5, 0.6) is 0 Å². The van der Waals surface area contributed by atoms with Gasteiger partial charge in [0.25, 0.3) is 5.92 Å². The van der Waals surface area contributed by atoms with Gasteiger partial charge in [-0.25, -0.2) is 13.8 Å². The predicted octanol–water partition coefficient (Wildman–Crippen LogP) is 5.53. The molecule has 184 valence electrons. The average molecular weight is 515 g/mol. The molecule has 0 spiro atoms. The fourth-order valence-electron chi connectivity index (χ4n) is 4.83. The van der Waals surface area contributed by atoms with Crippen molar-refractivity contribution in [1.82, 2.24) is 40.0 Å². The van der Waals surface area contributed by atoms with Crippen molar-refractivity contribution in [3.05, 3.63) is 65.4 Å². The number of aromatic amines is 2. The van der Waals surface area contributed by atoms with E-state index in [1.165, 1.54) is 0 Å². The van der Waals surface area contributed by atoms with E-state index in [0.29, 0.717) is 30.3 Å². The lowest BCUT2D eigenvalue weighted by atomic mass is 10.1. The summed E-state index contributed by atoms with van der Waals surface area (Å²) in [5.41, 5.74) is 7.36.